The molecule has 3 rings (SSSR count). The average Bonchev–Trinajstić information content (AvgIpc) is 3.16. The molecule has 9 heteroatoms. The predicted molar refractivity (Wildman–Crippen MR) is 76.4 cm³/mol. The lowest BCUT2D eigenvalue weighted by molar-refractivity contribution is 0.198. The molecule has 2 aromatic heterocycles. The van der Waals surface area contributed by atoms with Gasteiger partial charge in [0.2, 0.25) is 11.9 Å². The van der Waals surface area contributed by atoms with E-state index in [1.165, 1.54) is 11.0 Å². The summed E-state index contributed by atoms with van der Waals surface area (Å²) in [5.74, 6) is 1.47. The lowest BCUT2D eigenvalue weighted by Gasteiger charge is -2.16. The number of hydrogen-bond acceptors (Lipinski definition) is 8. The summed E-state index contributed by atoms with van der Waals surface area (Å²) < 4.78 is 1.49. The van der Waals surface area contributed by atoms with Gasteiger partial charge in [-0.3, -0.25) is 0 Å². The second-order valence-electron chi connectivity index (χ2n) is 4.91. The molecule has 1 aliphatic heterocycles. The molecule has 0 bridgehead atoms. The Labute approximate surface area is 122 Å². The first-order valence-corrected chi connectivity index (χ1v) is 7.04. The van der Waals surface area contributed by atoms with Crippen molar-refractivity contribution in [1.29, 1.82) is 0 Å². The van der Waals surface area contributed by atoms with Crippen LogP contribution < -0.4 is 10.2 Å². The fraction of sp³-hybridized carbons (Fsp3) is 0.583. The van der Waals surface area contributed by atoms with E-state index in [1.54, 1.807) is 6.33 Å². The summed E-state index contributed by atoms with van der Waals surface area (Å²) in [7, 11) is 0. The monoisotopic (exact) mass is 290 g/mol. The lowest BCUT2D eigenvalue weighted by Crippen LogP contribution is -2.25. The van der Waals surface area contributed by atoms with E-state index in [0.717, 1.165) is 25.9 Å². The maximum absolute atomic E-state index is 9.67. The Balaban J connectivity index is 1.92. The van der Waals surface area contributed by atoms with Gasteiger partial charge in [0.15, 0.2) is 0 Å². The van der Waals surface area contributed by atoms with E-state index >= 15 is 0 Å². The van der Waals surface area contributed by atoms with E-state index in [0.29, 0.717) is 24.4 Å². The predicted octanol–water partition coefficient (Wildman–Crippen LogP) is -0.155. The van der Waals surface area contributed by atoms with Crippen molar-refractivity contribution >= 4 is 11.9 Å². The van der Waals surface area contributed by atoms with Gasteiger partial charge < -0.3 is 15.3 Å². The van der Waals surface area contributed by atoms with Crippen LogP contribution in [0.5, 0.6) is 0 Å². The van der Waals surface area contributed by atoms with Crippen LogP contribution in [0.1, 0.15) is 19.8 Å². The molecular formula is C12H18N8O. The molecule has 3 heterocycles. The molecule has 9 nitrogen and oxygen atoms in total. The van der Waals surface area contributed by atoms with Crippen LogP contribution in [-0.4, -0.2) is 60.6 Å². The van der Waals surface area contributed by atoms with Crippen LogP contribution in [0.25, 0.3) is 5.95 Å². The zero-order chi connectivity index (χ0) is 14.7. The first-order chi connectivity index (χ1) is 10.3. The van der Waals surface area contributed by atoms with Gasteiger partial charge in [0.1, 0.15) is 12.7 Å². The molecule has 0 saturated carbocycles. The summed E-state index contributed by atoms with van der Waals surface area (Å²) in [6.07, 6.45) is 4.34. The highest BCUT2D eigenvalue weighted by Crippen LogP contribution is 2.18. The average molecular weight is 290 g/mol. The number of hydrogen-bond donors (Lipinski definition) is 2. The van der Waals surface area contributed by atoms with E-state index in [-0.39, 0.29) is 6.10 Å². The zero-order valence-electron chi connectivity index (χ0n) is 11.8. The van der Waals surface area contributed by atoms with Crippen LogP contribution >= 0.6 is 0 Å². The highest BCUT2D eigenvalue weighted by Gasteiger charge is 2.23. The van der Waals surface area contributed by atoms with Gasteiger partial charge in [0.25, 0.3) is 5.95 Å². The molecular weight excluding hydrogens is 272 g/mol. The van der Waals surface area contributed by atoms with Gasteiger partial charge in [-0.2, -0.15) is 24.7 Å². The molecule has 2 aromatic rings. The number of nitrogens with zero attached hydrogens (tertiary/aromatic N) is 7. The van der Waals surface area contributed by atoms with Gasteiger partial charge >= 0.3 is 0 Å². The van der Waals surface area contributed by atoms with Gasteiger partial charge in [0, 0.05) is 19.6 Å². The molecule has 1 fully saturated rings. The maximum atomic E-state index is 9.67. The van der Waals surface area contributed by atoms with Gasteiger partial charge in [0.05, 0.1) is 6.10 Å². The molecule has 2 N–H and O–H groups in total. The topological polar surface area (TPSA) is 105 Å². The molecule has 0 aromatic carbocycles. The van der Waals surface area contributed by atoms with E-state index in [4.69, 9.17) is 0 Å². The molecule has 1 saturated heterocycles. The van der Waals surface area contributed by atoms with Crippen molar-refractivity contribution in [2.24, 2.45) is 0 Å². The van der Waals surface area contributed by atoms with Crippen LogP contribution in [0.15, 0.2) is 12.7 Å². The van der Waals surface area contributed by atoms with E-state index in [9.17, 15) is 5.11 Å². The highest BCUT2D eigenvalue weighted by atomic mass is 16.3. The maximum Gasteiger partial charge on any atom is 0.258 e. The van der Waals surface area contributed by atoms with Crippen LogP contribution in [0.2, 0.25) is 0 Å². The number of aliphatic hydroxyl groups is 1. The van der Waals surface area contributed by atoms with Gasteiger partial charge in [-0.15, -0.1) is 0 Å². The largest absolute Gasteiger partial charge is 0.391 e. The molecule has 21 heavy (non-hydrogen) atoms. The smallest absolute Gasteiger partial charge is 0.258 e. The highest BCUT2D eigenvalue weighted by molar-refractivity contribution is 5.40. The summed E-state index contributed by atoms with van der Waals surface area (Å²) >= 11 is 0. The minimum absolute atomic E-state index is 0.330. The number of β-amino-alcohol motifs (C(OH)–C–C–N with tert-alkyl or cyclic N) is 1. The van der Waals surface area contributed by atoms with Crippen LogP contribution in [0.3, 0.4) is 0 Å². The Bertz CT molecular complexity index is 587. The molecule has 1 aliphatic rings. The first-order valence-electron chi connectivity index (χ1n) is 7.04. The number of nitrogens with one attached hydrogen (secondary N) is 1. The number of rotatable bonds is 5. The molecule has 1 unspecified atom stereocenters. The van der Waals surface area contributed by atoms with Gasteiger partial charge in [-0.1, -0.05) is 6.92 Å². The summed E-state index contributed by atoms with van der Waals surface area (Å²) in [5.41, 5.74) is 0. The molecule has 0 radical (unpaired) electrons. The second kappa shape index (κ2) is 6.00. The van der Waals surface area contributed by atoms with Crippen LogP contribution in [0, 0.1) is 0 Å². The Morgan fingerprint density at radius 2 is 2.19 bits per heavy atom. The standard InChI is InChI=1S/C12H18N8O/c1-2-4-14-10-16-11(19-5-3-9(21)6-19)18-12(17-10)20-8-13-7-15-20/h7-9,21H,2-6H2,1H3,(H,14,16,17,18). The molecule has 0 aliphatic carbocycles. The number of aliphatic hydroxyl groups excluding tert-OH is 1. The molecule has 1 atom stereocenters. The third kappa shape index (κ3) is 3.07. The summed E-state index contributed by atoms with van der Waals surface area (Å²) in [5, 5.41) is 16.9. The molecule has 0 amide bonds. The van der Waals surface area contributed by atoms with Crippen LogP contribution in [-0.2, 0) is 0 Å². The van der Waals surface area contributed by atoms with Crippen molar-refractivity contribution in [3.8, 4) is 5.95 Å². The number of aromatic nitrogens is 6. The van der Waals surface area contributed by atoms with Crippen molar-refractivity contribution in [2.45, 2.75) is 25.9 Å². The first kappa shape index (κ1) is 13.7. The lowest BCUT2D eigenvalue weighted by atomic mass is 10.3. The van der Waals surface area contributed by atoms with Crippen molar-refractivity contribution in [2.75, 3.05) is 29.9 Å². The Kier molecular flexibility index (Phi) is 3.91. The van der Waals surface area contributed by atoms with Gasteiger partial charge in [-0.25, -0.2) is 4.98 Å². The van der Waals surface area contributed by atoms with Crippen molar-refractivity contribution < 1.29 is 5.11 Å². The van der Waals surface area contributed by atoms with E-state index < -0.39 is 0 Å². The Morgan fingerprint density at radius 3 is 2.86 bits per heavy atom. The third-order valence-corrected chi connectivity index (χ3v) is 3.21. The van der Waals surface area contributed by atoms with Crippen molar-refractivity contribution in [3.05, 3.63) is 12.7 Å². The zero-order valence-corrected chi connectivity index (χ0v) is 11.8. The van der Waals surface area contributed by atoms with E-state index in [2.05, 4.69) is 37.3 Å². The fourth-order valence-electron chi connectivity index (χ4n) is 2.15. The summed E-state index contributed by atoms with van der Waals surface area (Å²) in [6, 6.07) is 0. The normalized spacial score (nSPS) is 18.2. The second-order valence-corrected chi connectivity index (χ2v) is 4.91. The van der Waals surface area contributed by atoms with Gasteiger partial charge in [-0.05, 0) is 12.8 Å². The molecule has 112 valence electrons. The van der Waals surface area contributed by atoms with Crippen molar-refractivity contribution in [3.63, 3.8) is 0 Å². The minimum atomic E-state index is -0.330. The van der Waals surface area contributed by atoms with Crippen LogP contribution in [0.4, 0.5) is 11.9 Å². The Morgan fingerprint density at radius 1 is 1.33 bits per heavy atom. The molecule has 0 spiro atoms. The summed E-state index contributed by atoms with van der Waals surface area (Å²) in [6.45, 7) is 4.12. The fourth-order valence-corrected chi connectivity index (χ4v) is 2.15. The number of anilines is 2. The Hall–Kier alpha value is -2.29. The van der Waals surface area contributed by atoms with E-state index in [1.807, 2.05) is 4.90 Å². The minimum Gasteiger partial charge on any atom is -0.391 e. The quantitative estimate of drug-likeness (QED) is 0.783. The third-order valence-electron chi connectivity index (χ3n) is 3.21. The summed E-state index contributed by atoms with van der Waals surface area (Å²) in [4.78, 5) is 19.0. The van der Waals surface area contributed by atoms with Crippen molar-refractivity contribution in [1.82, 2.24) is 29.7 Å². The SMILES string of the molecule is CCCNc1nc(N2CCC(O)C2)nc(-n2cncn2)n1.